The summed E-state index contributed by atoms with van der Waals surface area (Å²) in [7, 11) is 0. The number of hydrogen-bond donors (Lipinski definition) is 2. The summed E-state index contributed by atoms with van der Waals surface area (Å²) in [6.07, 6.45) is 0.946. The Kier molecular flexibility index (Phi) is 4.42. The number of carbonyl (C=O) groups is 2. The maximum atomic E-state index is 12.4. The molecule has 0 saturated heterocycles. The Morgan fingerprint density at radius 2 is 2.12 bits per heavy atom. The molecule has 0 spiro atoms. The molecule has 1 fully saturated rings. The number of rotatable bonds is 5. The van der Waals surface area contributed by atoms with Crippen LogP contribution in [0.15, 0.2) is 35.5 Å². The molecule has 2 aliphatic rings. The molecule has 0 aromatic heterocycles. The molecule has 7 heteroatoms. The van der Waals surface area contributed by atoms with Crippen LogP contribution in [0.1, 0.15) is 26.7 Å². The molecule has 3 rings (SSSR count). The number of amides is 2. The number of hydrogen-bond acceptors (Lipinski definition) is 5. The number of ether oxygens (including phenoxy) is 1. The fraction of sp³-hybridized carbons (Fsp3) is 0.471. The van der Waals surface area contributed by atoms with Gasteiger partial charge in [0.25, 0.3) is 0 Å². The zero-order valence-electron chi connectivity index (χ0n) is 13.7. The highest BCUT2D eigenvalue weighted by atomic mass is 16.6. The molecular weight excluding hydrogens is 310 g/mol. The third-order valence-electron chi connectivity index (χ3n) is 4.31. The van der Waals surface area contributed by atoms with Crippen molar-refractivity contribution in [1.82, 2.24) is 5.32 Å². The number of urea groups is 1. The molecule has 1 aromatic rings. The van der Waals surface area contributed by atoms with E-state index in [1.54, 1.807) is 19.1 Å². The van der Waals surface area contributed by atoms with Crippen molar-refractivity contribution in [2.45, 2.75) is 38.3 Å². The lowest BCUT2D eigenvalue weighted by Crippen LogP contribution is -2.49. The maximum Gasteiger partial charge on any atom is 0.332 e. The summed E-state index contributed by atoms with van der Waals surface area (Å²) >= 11 is 0. The predicted octanol–water partition coefficient (Wildman–Crippen LogP) is 2.29. The number of nitrogens with one attached hydrogen (secondary N) is 2. The number of esters is 1. The first-order valence-corrected chi connectivity index (χ1v) is 8.06. The van der Waals surface area contributed by atoms with Crippen molar-refractivity contribution in [3.63, 3.8) is 0 Å². The van der Waals surface area contributed by atoms with Crippen LogP contribution in [0.3, 0.4) is 0 Å². The van der Waals surface area contributed by atoms with E-state index in [4.69, 9.17) is 9.57 Å². The Morgan fingerprint density at radius 1 is 1.38 bits per heavy atom. The quantitative estimate of drug-likeness (QED) is 0.810. The van der Waals surface area contributed by atoms with Crippen LogP contribution in [0, 0.1) is 5.92 Å². The van der Waals surface area contributed by atoms with Crippen molar-refractivity contribution in [2.24, 2.45) is 11.1 Å². The topological polar surface area (TPSA) is 89.0 Å². The number of carbonyl (C=O) groups excluding carboxylic acids is 2. The van der Waals surface area contributed by atoms with Crippen LogP contribution in [-0.2, 0) is 14.4 Å². The third-order valence-corrected chi connectivity index (χ3v) is 4.31. The van der Waals surface area contributed by atoms with Crippen molar-refractivity contribution >= 4 is 23.4 Å². The van der Waals surface area contributed by atoms with Crippen molar-refractivity contribution in [1.29, 1.82) is 0 Å². The Bertz CT molecular complexity index is 661. The number of anilines is 1. The zero-order chi connectivity index (χ0) is 17.2. The zero-order valence-corrected chi connectivity index (χ0v) is 13.7. The Morgan fingerprint density at radius 3 is 2.75 bits per heavy atom. The van der Waals surface area contributed by atoms with Gasteiger partial charge in [0.05, 0.1) is 12.3 Å². The van der Waals surface area contributed by atoms with Gasteiger partial charge in [-0.25, -0.2) is 9.59 Å². The van der Waals surface area contributed by atoms with Gasteiger partial charge in [-0.2, -0.15) is 0 Å². The van der Waals surface area contributed by atoms with Crippen LogP contribution in [0.4, 0.5) is 10.5 Å². The molecule has 1 heterocycles. The van der Waals surface area contributed by atoms with Gasteiger partial charge in [-0.1, -0.05) is 23.4 Å². The lowest BCUT2D eigenvalue weighted by atomic mass is 10.1. The van der Waals surface area contributed by atoms with Crippen LogP contribution in [0.2, 0.25) is 0 Å². The normalized spacial score (nSPS) is 27.7. The second-order valence-electron chi connectivity index (χ2n) is 6.12. The first-order chi connectivity index (χ1) is 11.5. The van der Waals surface area contributed by atoms with E-state index >= 15 is 0 Å². The van der Waals surface area contributed by atoms with Gasteiger partial charge in [-0.05, 0) is 32.4 Å². The van der Waals surface area contributed by atoms with Gasteiger partial charge in [0, 0.05) is 18.0 Å². The molecule has 2 amide bonds. The fourth-order valence-electron chi connectivity index (χ4n) is 3.05. The highest BCUT2D eigenvalue weighted by molar-refractivity contribution is 5.96. The standard InChI is InChI=1S/C17H21N3O4/c1-3-23-15(21)17(10-13(17)14-9-11(2)20-24-14)19-16(22)18-12-7-5-4-6-8-12/h4-8,13-14H,3,9-10H2,1-2H3,(H2,18,19,22)/t13-,14+,17+/m0/s1. The van der Waals surface area contributed by atoms with Gasteiger partial charge >= 0.3 is 12.0 Å². The van der Waals surface area contributed by atoms with Crippen LogP contribution < -0.4 is 10.6 Å². The smallest absolute Gasteiger partial charge is 0.332 e. The Hall–Kier alpha value is -2.57. The van der Waals surface area contributed by atoms with Gasteiger partial charge in [-0.15, -0.1) is 0 Å². The Labute approximate surface area is 140 Å². The molecule has 7 nitrogen and oxygen atoms in total. The molecule has 128 valence electrons. The summed E-state index contributed by atoms with van der Waals surface area (Å²) in [5, 5.41) is 9.45. The van der Waals surface area contributed by atoms with E-state index in [2.05, 4.69) is 15.8 Å². The summed E-state index contributed by atoms with van der Waals surface area (Å²) in [5.74, 6) is -0.564. The minimum atomic E-state index is -1.04. The van der Waals surface area contributed by atoms with E-state index in [0.29, 0.717) is 18.5 Å². The van der Waals surface area contributed by atoms with Crippen LogP contribution in [0.25, 0.3) is 0 Å². The van der Waals surface area contributed by atoms with Gasteiger partial charge < -0.3 is 20.2 Å². The lowest BCUT2D eigenvalue weighted by molar-refractivity contribution is -0.147. The molecule has 1 aliphatic carbocycles. The average Bonchev–Trinajstić information content (AvgIpc) is 3.12. The SMILES string of the molecule is CCOC(=O)[C@@]1(NC(=O)Nc2ccccc2)C[C@H]1[C@H]1CC(C)=NO1. The van der Waals surface area contributed by atoms with Crippen LogP contribution in [0.5, 0.6) is 0 Å². The van der Waals surface area contributed by atoms with E-state index < -0.39 is 17.5 Å². The molecular formula is C17H21N3O4. The summed E-state index contributed by atoms with van der Waals surface area (Å²) < 4.78 is 5.16. The number of nitrogens with zero attached hydrogens (tertiary/aromatic N) is 1. The summed E-state index contributed by atoms with van der Waals surface area (Å²) in [6.45, 7) is 3.88. The highest BCUT2D eigenvalue weighted by Gasteiger charge is 2.66. The van der Waals surface area contributed by atoms with Crippen LogP contribution in [-0.4, -0.2) is 36.0 Å². The number of oxime groups is 1. The molecule has 0 unspecified atom stereocenters. The summed E-state index contributed by atoms with van der Waals surface area (Å²) in [6, 6.07) is 8.62. The van der Waals surface area contributed by atoms with Crippen LogP contribution >= 0.6 is 0 Å². The summed E-state index contributed by atoms with van der Waals surface area (Å²) in [4.78, 5) is 30.1. The Balaban J connectivity index is 1.68. The molecule has 24 heavy (non-hydrogen) atoms. The first kappa shape index (κ1) is 16.3. The summed E-state index contributed by atoms with van der Waals surface area (Å²) in [5.41, 5.74) is 0.501. The predicted molar refractivity (Wildman–Crippen MR) is 88.7 cm³/mol. The minimum absolute atomic E-state index is 0.140. The molecule has 2 N–H and O–H groups in total. The minimum Gasteiger partial charge on any atom is -0.464 e. The molecule has 0 radical (unpaired) electrons. The molecule has 1 saturated carbocycles. The van der Waals surface area contributed by atoms with Gasteiger partial charge in [-0.3, -0.25) is 0 Å². The van der Waals surface area contributed by atoms with Crippen molar-refractivity contribution < 1.29 is 19.2 Å². The monoisotopic (exact) mass is 331 g/mol. The number of benzene rings is 1. The van der Waals surface area contributed by atoms with Gasteiger partial charge in [0.15, 0.2) is 0 Å². The maximum absolute atomic E-state index is 12.4. The van der Waals surface area contributed by atoms with Crippen molar-refractivity contribution in [2.75, 3.05) is 11.9 Å². The van der Waals surface area contributed by atoms with Gasteiger partial charge in [0.2, 0.25) is 0 Å². The lowest BCUT2D eigenvalue weighted by Gasteiger charge is -2.20. The molecule has 1 aliphatic heterocycles. The third kappa shape index (κ3) is 3.20. The second-order valence-corrected chi connectivity index (χ2v) is 6.12. The first-order valence-electron chi connectivity index (χ1n) is 8.06. The average molecular weight is 331 g/mol. The highest BCUT2D eigenvalue weighted by Crippen LogP contribution is 2.49. The van der Waals surface area contributed by atoms with Crippen molar-refractivity contribution in [3.8, 4) is 0 Å². The molecule has 3 atom stereocenters. The second kappa shape index (κ2) is 6.51. The number of para-hydroxylation sites is 1. The van der Waals surface area contributed by atoms with E-state index in [1.165, 1.54) is 0 Å². The molecule has 1 aromatic carbocycles. The van der Waals surface area contributed by atoms with E-state index in [-0.39, 0.29) is 18.6 Å². The van der Waals surface area contributed by atoms with Crippen molar-refractivity contribution in [3.05, 3.63) is 30.3 Å². The molecule has 0 bridgehead atoms. The fourth-order valence-corrected chi connectivity index (χ4v) is 3.05. The largest absolute Gasteiger partial charge is 0.464 e. The van der Waals surface area contributed by atoms with E-state index in [1.807, 2.05) is 25.1 Å². The van der Waals surface area contributed by atoms with E-state index in [9.17, 15) is 9.59 Å². The van der Waals surface area contributed by atoms with E-state index in [0.717, 1.165) is 5.71 Å². The van der Waals surface area contributed by atoms with Gasteiger partial charge in [0.1, 0.15) is 11.6 Å².